The topological polar surface area (TPSA) is 85.1 Å². The first kappa shape index (κ1) is 14.7. The maximum absolute atomic E-state index is 11.9. The molecule has 0 aromatic carbocycles. The molecule has 1 fully saturated rings. The summed E-state index contributed by atoms with van der Waals surface area (Å²) in [6.45, 7) is 4.24. The predicted octanol–water partition coefficient (Wildman–Crippen LogP) is -0.739. The van der Waals surface area contributed by atoms with Crippen molar-refractivity contribution in [3.05, 3.63) is 0 Å². The minimum atomic E-state index is -0.635. The van der Waals surface area contributed by atoms with Gasteiger partial charge in [0, 0.05) is 33.3 Å². The van der Waals surface area contributed by atoms with E-state index in [-0.39, 0.29) is 18.6 Å². The zero-order chi connectivity index (χ0) is 13.5. The first-order valence-corrected chi connectivity index (χ1v) is 6.05. The largest absolute Gasteiger partial charge is 0.450 e. The lowest BCUT2D eigenvalue weighted by Crippen LogP contribution is -2.55. The molecule has 0 radical (unpaired) electrons. The standard InChI is InChI=1S/C11H21N3O4/c1-3-18-11(16)14-6-4-13(5-7-14)10(15)9(12)8-17-2/h9H,3-8,12H2,1-2H3. The van der Waals surface area contributed by atoms with Gasteiger partial charge in [-0.1, -0.05) is 0 Å². The molecule has 0 aliphatic carbocycles. The third kappa shape index (κ3) is 3.85. The summed E-state index contributed by atoms with van der Waals surface area (Å²) < 4.78 is 9.75. The van der Waals surface area contributed by atoms with Crippen LogP contribution >= 0.6 is 0 Å². The molecule has 1 heterocycles. The van der Waals surface area contributed by atoms with E-state index in [1.165, 1.54) is 7.11 Å². The molecule has 7 nitrogen and oxygen atoms in total. The summed E-state index contributed by atoms with van der Waals surface area (Å²) >= 11 is 0. The number of carbonyl (C=O) groups excluding carboxylic acids is 2. The van der Waals surface area contributed by atoms with Crippen molar-refractivity contribution < 1.29 is 19.1 Å². The molecule has 0 spiro atoms. The molecule has 0 aromatic heterocycles. The summed E-state index contributed by atoms with van der Waals surface area (Å²) in [5, 5.41) is 0. The van der Waals surface area contributed by atoms with Gasteiger partial charge in [-0.05, 0) is 6.92 Å². The minimum Gasteiger partial charge on any atom is -0.450 e. The molecule has 2 N–H and O–H groups in total. The van der Waals surface area contributed by atoms with Crippen LogP contribution in [0.2, 0.25) is 0 Å². The number of nitrogens with zero attached hydrogens (tertiary/aromatic N) is 2. The Kier molecular flexibility index (Phi) is 5.87. The molecule has 1 aliphatic heterocycles. The Hall–Kier alpha value is -1.34. The highest BCUT2D eigenvalue weighted by Gasteiger charge is 2.27. The van der Waals surface area contributed by atoms with Gasteiger partial charge < -0.3 is 25.0 Å². The number of rotatable bonds is 4. The Bertz CT molecular complexity index is 290. The highest BCUT2D eigenvalue weighted by atomic mass is 16.6. The molecule has 104 valence electrons. The van der Waals surface area contributed by atoms with Crippen molar-refractivity contribution in [2.75, 3.05) is 46.5 Å². The van der Waals surface area contributed by atoms with Crippen LogP contribution in [0.5, 0.6) is 0 Å². The molecule has 2 amide bonds. The fraction of sp³-hybridized carbons (Fsp3) is 0.818. The zero-order valence-corrected chi connectivity index (χ0v) is 10.9. The van der Waals surface area contributed by atoms with Crippen LogP contribution in [0, 0.1) is 0 Å². The molecule has 0 saturated carbocycles. The summed E-state index contributed by atoms with van der Waals surface area (Å²) in [5.41, 5.74) is 5.68. The van der Waals surface area contributed by atoms with E-state index in [4.69, 9.17) is 15.2 Å². The predicted molar refractivity (Wildman–Crippen MR) is 65.0 cm³/mol. The second-order valence-electron chi connectivity index (χ2n) is 4.07. The maximum Gasteiger partial charge on any atom is 0.409 e. The van der Waals surface area contributed by atoms with Gasteiger partial charge >= 0.3 is 6.09 Å². The minimum absolute atomic E-state index is 0.139. The second kappa shape index (κ2) is 7.17. The zero-order valence-electron chi connectivity index (χ0n) is 10.9. The Morgan fingerprint density at radius 1 is 1.22 bits per heavy atom. The Labute approximate surface area is 107 Å². The van der Waals surface area contributed by atoms with Gasteiger partial charge in [0.15, 0.2) is 0 Å². The monoisotopic (exact) mass is 259 g/mol. The van der Waals surface area contributed by atoms with Gasteiger partial charge in [0.1, 0.15) is 6.04 Å². The van der Waals surface area contributed by atoms with Crippen LogP contribution in [0.3, 0.4) is 0 Å². The van der Waals surface area contributed by atoms with E-state index in [1.807, 2.05) is 0 Å². The van der Waals surface area contributed by atoms with E-state index in [0.29, 0.717) is 32.8 Å². The number of methoxy groups -OCH3 is 1. The van der Waals surface area contributed by atoms with Crippen LogP contribution in [0.4, 0.5) is 4.79 Å². The summed E-state index contributed by atoms with van der Waals surface area (Å²) in [7, 11) is 1.51. The average Bonchev–Trinajstić information content (AvgIpc) is 2.38. The van der Waals surface area contributed by atoms with Crippen LogP contribution < -0.4 is 5.73 Å². The first-order chi connectivity index (χ1) is 8.60. The van der Waals surface area contributed by atoms with Crippen molar-refractivity contribution in [3.8, 4) is 0 Å². The molecule has 1 unspecified atom stereocenters. The summed E-state index contributed by atoms with van der Waals surface area (Å²) in [4.78, 5) is 26.6. The number of nitrogens with two attached hydrogens (primary N) is 1. The highest BCUT2D eigenvalue weighted by molar-refractivity contribution is 5.82. The lowest BCUT2D eigenvalue weighted by molar-refractivity contribution is -0.135. The molecule has 1 rings (SSSR count). The van der Waals surface area contributed by atoms with Gasteiger partial charge in [-0.15, -0.1) is 0 Å². The Morgan fingerprint density at radius 3 is 2.28 bits per heavy atom. The first-order valence-electron chi connectivity index (χ1n) is 6.05. The Balaban J connectivity index is 2.39. The highest BCUT2D eigenvalue weighted by Crippen LogP contribution is 2.05. The molecule has 1 saturated heterocycles. The van der Waals surface area contributed by atoms with Crippen molar-refractivity contribution in [2.24, 2.45) is 5.73 Å². The van der Waals surface area contributed by atoms with Crippen LogP contribution in [0.1, 0.15) is 6.92 Å². The summed E-state index contributed by atoms with van der Waals surface area (Å²) in [6.07, 6.45) is -0.328. The number of carbonyl (C=O) groups is 2. The van der Waals surface area contributed by atoms with E-state index in [9.17, 15) is 9.59 Å². The van der Waals surface area contributed by atoms with E-state index in [1.54, 1.807) is 16.7 Å². The molecule has 0 aromatic rings. The van der Waals surface area contributed by atoms with Crippen LogP contribution in [0.15, 0.2) is 0 Å². The van der Waals surface area contributed by atoms with Crippen molar-refractivity contribution in [1.29, 1.82) is 0 Å². The van der Waals surface area contributed by atoms with Gasteiger partial charge in [-0.2, -0.15) is 0 Å². The van der Waals surface area contributed by atoms with Crippen molar-refractivity contribution in [2.45, 2.75) is 13.0 Å². The third-order valence-corrected chi connectivity index (χ3v) is 2.78. The van der Waals surface area contributed by atoms with E-state index in [0.717, 1.165) is 0 Å². The van der Waals surface area contributed by atoms with Crippen LogP contribution in [0.25, 0.3) is 0 Å². The molecule has 1 aliphatic rings. The molecule has 7 heteroatoms. The Morgan fingerprint density at radius 2 is 1.78 bits per heavy atom. The van der Waals surface area contributed by atoms with Crippen LogP contribution in [-0.4, -0.2) is 74.3 Å². The second-order valence-corrected chi connectivity index (χ2v) is 4.07. The SMILES string of the molecule is CCOC(=O)N1CCN(C(=O)C(N)COC)CC1. The number of amides is 2. The summed E-state index contributed by atoms with van der Waals surface area (Å²) in [5.74, 6) is -0.139. The third-order valence-electron chi connectivity index (χ3n) is 2.78. The molecular formula is C11H21N3O4. The van der Waals surface area contributed by atoms with Gasteiger partial charge in [-0.3, -0.25) is 4.79 Å². The number of hydrogen-bond acceptors (Lipinski definition) is 5. The summed E-state index contributed by atoms with van der Waals surface area (Å²) in [6, 6.07) is -0.635. The van der Waals surface area contributed by atoms with Gasteiger partial charge in [0.2, 0.25) is 5.91 Å². The lowest BCUT2D eigenvalue weighted by Gasteiger charge is -2.35. The maximum atomic E-state index is 11.9. The van der Waals surface area contributed by atoms with Gasteiger partial charge in [0.25, 0.3) is 0 Å². The van der Waals surface area contributed by atoms with Crippen molar-refractivity contribution in [1.82, 2.24) is 9.80 Å². The number of piperazine rings is 1. The molecule has 0 bridgehead atoms. The van der Waals surface area contributed by atoms with Crippen LogP contribution in [-0.2, 0) is 14.3 Å². The molecule has 1 atom stereocenters. The molecular weight excluding hydrogens is 238 g/mol. The van der Waals surface area contributed by atoms with Gasteiger partial charge in [-0.25, -0.2) is 4.79 Å². The lowest BCUT2D eigenvalue weighted by atomic mass is 10.2. The number of ether oxygens (including phenoxy) is 2. The quantitative estimate of drug-likeness (QED) is 0.719. The van der Waals surface area contributed by atoms with Gasteiger partial charge in [0.05, 0.1) is 13.2 Å². The van der Waals surface area contributed by atoms with E-state index in [2.05, 4.69) is 0 Å². The average molecular weight is 259 g/mol. The normalized spacial score (nSPS) is 17.5. The number of hydrogen-bond donors (Lipinski definition) is 1. The van der Waals surface area contributed by atoms with E-state index < -0.39 is 6.04 Å². The fourth-order valence-electron chi connectivity index (χ4n) is 1.81. The van der Waals surface area contributed by atoms with Crippen molar-refractivity contribution >= 4 is 12.0 Å². The molecule has 18 heavy (non-hydrogen) atoms. The van der Waals surface area contributed by atoms with E-state index >= 15 is 0 Å². The fourth-order valence-corrected chi connectivity index (χ4v) is 1.81. The van der Waals surface area contributed by atoms with Crippen molar-refractivity contribution in [3.63, 3.8) is 0 Å². The smallest absolute Gasteiger partial charge is 0.409 e.